The van der Waals surface area contributed by atoms with E-state index < -0.39 is 23.5 Å². The Morgan fingerprint density at radius 3 is 1.74 bits per heavy atom. The van der Waals surface area contributed by atoms with Gasteiger partial charge in [-0.3, -0.25) is 0 Å². The largest absolute Gasteiger partial charge is 0.416 e. The summed E-state index contributed by atoms with van der Waals surface area (Å²) in [5, 5.41) is 2.63. The summed E-state index contributed by atoms with van der Waals surface area (Å²) in [6, 6.07) is 1.54. The quantitative estimate of drug-likeness (QED) is 0.803. The van der Waals surface area contributed by atoms with E-state index in [1.807, 2.05) is 0 Å². The second-order valence-electron chi connectivity index (χ2n) is 4.62. The van der Waals surface area contributed by atoms with Crippen molar-refractivity contribution in [3.05, 3.63) is 29.3 Å². The molecule has 0 radical (unpaired) electrons. The van der Waals surface area contributed by atoms with Gasteiger partial charge in [0.05, 0.1) is 11.1 Å². The van der Waals surface area contributed by atoms with Gasteiger partial charge in [-0.15, -0.1) is 0 Å². The number of hydrogen-bond donors (Lipinski definition) is 1. The molecule has 106 valence electrons. The Balaban J connectivity index is 2.30. The van der Waals surface area contributed by atoms with Crippen molar-refractivity contribution in [3.8, 4) is 0 Å². The number of benzene rings is 1. The molecule has 2 rings (SSSR count). The van der Waals surface area contributed by atoms with E-state index in [9.17, 15) is 26.3 Å². The molecule has 19 heavy (non-hydrogen) atoms. The van der Waals surface area contributed by atoms with Gasteiger partial charge in [0.2, 0.25) is 0 Å². The standard InChI is InChI=1S/C12H11F6N/c13-11(14,15)8-3-9(12(16,17)18)5-10(4-8)19-6-7-1-2-7/h3-5,7,19H,1-2,6H2. The molecule has 0 saturated heterocycles. The van der Waals surface area contributed by atoms with Gasteiger partial charge in [-0.2, -0.15) is 26.3 Å². The van der Waals surface area contributed by atoms with Gasteiger partial charge in [0.15, 0.2) is 0 Å². The van der Waals surface area contributed by atoms with Crippen LogP contribution in [0.1, 0.15) is 24.0 Å². The monoisotopic (exact) mass is 283 g/mol. The summed E-state index contributed by atoms with van der Waals surface area (Å²) in [6.07, 6.45) is -7.68. The minimum Gasteiger partial charge on any atom is -0.385 e. The van der Waals surface area contributed by atoms with Gasteiger partial charge in [0, 0.05) is 12.2 Å². The fourth-order valence-electron chi connectivity index (χ4n) is 1.64. The number of rotatable bonds is 3. The van der Waals surface area contributed by atoms with Crippen molar-refractivity contribution in [1.82, 2.24) is 0 Å². The van der Waals surface area contributed by atoms with Crippen LogP contribution in [0, 0.1) is 5.92 Å². The molecule has 0 spiro atoms. The molecule has 0 amide bonds. The van der Waals surface area contributed by atoms with Crippen molar-refractivity contribution in [1.29, 1.82) is 0 Å². The summed E-state index contributed by atoms with van der Waals surface area (Å²) >= 11 is 0. The van der Waals surface area contributed by atoms with Crippen LogP contribution in [-0.2, 0) is 12.4 Å². The normalized spacial score (nSPS) is 16.5. The van der Waals surface area contributed by atoms with Crippen LogP contribution in [0.5, 0.6) is 0 Å². The Kier molecular flexibility index (Phi) is 3.40. The minimum atomic E-state index is -4.79. The molecule has 0 unspecified atom stereocenters. The zero-order valence-electron chi connectivity index (χ0n) is 9.70. The van der Waals surface area contributed by atoms with Crippen LogP contribution in [0.2, 0.25) is 0 Å². The highest BCUT2D eigenvalue weighted by Gasteiger charge is 2.37. The molecular formula is C12H11F6N. The fourth-order valence-corrected chi connectivity index (χ4v) is 1.64. The smallest absolute Gasteiger partial charge is 0.385 e. The van der Waals surface area contributed by atoms with Crippen molar-refractivity contribution in [2.24, 2.45) is 5.92 Å². The lowest BCUT2D eigenvalue weighted by atomic mass is 10.1. The van der Waals surface area contributed by atoms with Crippen LogP contribution >= 0.6 is 0 Å². The Labute approximate surface area is 105 Å². The minimum absolute atomic E-state index is 0.127. The summed E-state index contributed by atoms with van der Waals surface area (Å²) in [4.78, 5) is 0. The molecule has 0 aromatic heterocycles. The third-order valence-electron chi connectivity index (χ3n) is 2.88. The van der Waals surface area contributed by atoms with Gasteiger partial charge in [0.25, 0.3) is 0 Å². The van der Waals surface area contributed by atoms with Gasteiger partial charge < -0.3 is 5.32 Å². The topological polar surface area (TPSA) is 12.0 Å². The maximum absolute atomic E-state index is 12.6. The Morgan fingerprint density at radius 1 is 0.895 bits per heavy atom. The van der Waals surface area contributed by atoms with Crippen molar-refractivity contribution in [3.63, 3.8) is 0 Å². The summed E-state index contributed by atoms with van der Waals surface area (Å²) in [5.41, 5.74) is -2.73. The molecule has 1 saturated carbocycles. The van der Waals surface area contributed by atoms with Crippen LogP contribution in [0.4, 0.5) is 32.0 Å². The van der Waals surface area contributed by atoms with E-state index in [0.717, 1.165) is 12.8 Å². The average molecular weight is 283 g/mol. The molecular weight excluding hydrogens is 272 g/mol. The second-order valence-corrected chi connectivity index (χ2v) is 4.62. The fraction of sp³-hybridized carbons (Fsp3) is 0.500. The number of anilines is 1. The van der Waals surface area contributed by atoms with Gasteiger partial charge in [0.1, 0.15) is 0 Å². The van der Waals surface area contributed by atoms with Gasteiger partial charge in [-0.25, -0.2) is 0 Å². The number of nitrogens with one attached hydrogen (secondary N) is 1. The van der Waals surface area contributed by atoms with Crippen LogP contribution in [0.15, 0.2) is 18.2 Å². The number of alkyl halides is 6. The van der Waals surface area contributed by atoms with E-state index >= 15 is 0 Å². The van der Waals surface area contributed by atoms with E-state index in [0.29, 0.717) is 24.6 Å². The van der Waals surface area contributed by atoms with Crippen LogP contribution in [-0.4, -0.2) is 6.54 Å². The molecule has 1 aromatic rings. The van der Waals surface area contributed by atoms with Crippen molar-refractivity contribution < 1.29 is 26.3 Å². The van der Waals surface area contributed by atoms with Crippen molar-refractivity contribution >= 4 is 5.69 Å². The van der Waals surface area contributed by atoms with Crippen LogP contribution in [0.25, 0.3) is 0 Å². The lowest BCUT2D eigenvalue weighted by Gasteiger charge is -2.15. The van der Waals surface area contributed by atoms with Gasteiger partial charge >= 0.3 is 12.4 Å². The van der Waals surface area contributed by atoms with E-state index in [4.69, 9.17) is 0 Å². The van der Waals surface area contributed by atoms with Crippen molar-refractivity contribution in [2.45, 2.75) is 25.2 Å². The molecule has 0 atom stereocenters. The van der Waals surface area contributed by atoms with E-state index in [1.165, 1.54) is 0 Å². The molecule has 0 aliphatic heterocycles. The van der Waals surface area contributed by atoms with Gasteiger partial charge in [-0.1, -0.05) is 0 Å². The first-order valence-corrected chi connectivity index (χ1v) is 5.69. The molecule has 0 bridgehead atoms. The molecule has 1 fully saturated rings. The number of hydrogen-bond acceptors (Lipinski definition) is 1. The highest BCUT2D eigenvalue weighted by atomic mass is 19.4. The lowest BCUT2D eigenvalue weighted by Crippen LogP contribution is -2.13. The van der Waals surface area contributed by atoms with Crippen molar-refractivity contribution in [2.75, 3.05) is 11.9 Å². The third-order valence-corrected chi connectivity index (χ3v) is 2.88. The summed E-state index contributed by atoms with van der Waals surface area (Å²) in [6.45, 7) is 0.401. The second kappa shape index (κ2) is 4.61. The summed E-state index contributed by atoms with van der Waals surface area (Å²) in [5.74, 6) is 0.351. The molecule has 1 nitrogen and oxygen atoms in total. The zero-order chi connectivity index (χ0) is 14.3. The molecule has 0 heterocycles. The van der Waals surface area contributed by atoms with Crippen LogP contribution < -0.4 is 5.32 Å². The Bertz CT molecular complexity index is 426. The van der Waals surface area contributed by atoms with Crippen LogP contribution in [0.3, 0.4) is 0 Å². The first kappa shape index (κ1) is 14.0. The Morgan fingerprint density at radius 2 is 1.37 bits per heavy atom. The van der Waals surface area contributed by atoms with E-state index in [2.05, 4.69) is 5.32 Å². The lowest BCUT2D eigenvalue weighted by molar-refractivity contribution is -0.143. The zero-order valence-corrected chi connectivity index (χ0v) is 9.70. The summed E-state index contributed by atoms with van der Waals surface area (Å²) < 4.78 is 75.3. The Hall–Kier alpha value is -1.40. The van der Waals surface area contributed by atoms with E-state index in [-0.39, 0.29) is 11.8 Å². The predicted octanol–water partition coefficient (Wildman–Crippen LogP) is 4.55. The maximum Gasteiger partial charge on any atom is 0.416 e. The first-order chi connectivity index (χ1) is 8.66. The average Bonchev–Trinajstić information content (AvgIpc) is 3.07. The predicted molar refractivity (Wildman–Crippen MR) is 57.7 cm³/mol. The molecule has 1 aliphatic carbocycles. The molecule has 7 heteroatoms. The van der Waals surface area contributed by atoms with Gasteiger partial charge in [-0.05, 0) is 37.0 Å². The molecule has 1 N–H and O–H groups in total. The number of halogens is 6. The summed E-state index contributed by atoms with van der Waals surface area (Å²) in [7, 11) is 0. The highest BCUT2D eigenvalue weighted by molar-refractivity contribution is 5.50. The molecule has 1 aromatic carbocycles. The molecule has 1 aliphatic rings. The SMILES string of the molecule is FC(F)(F)c1cc(NCC2CC2)cc(C(F)(F)F)c1. The highest BCUT2D eigenvalue weighted by Crippen LogP contribution is 2.38. The van der Waals surface area contributed by atoms with E-state index in [1.54, 1.807) is 0 Å². The third kappa shape index (κ3) is 3.78. The maximum atomic E-state index is 12.6. The first-order valence-electron chi connectivity index (χ1n) is 5.69.